The highest BCUT2D eigenvalue weighted by Crippen LogP contribution is 2.28. The Labute approximate surface area is 94.8 Å². The van der Waals surface area contributed by atoms with Crippen molar-refractivity contribution in [2.75, 3.05) is 7.05 Å². The second-order valence-electron chi connectivity index (χ2n) is 4.78. The van der Waals surface area contributed by atoms with E-state index in [2.05, 4.69) is 10.1 Å². The third kappa shape index (κ3) is 2.24. The Bertz CT molecular complexity index is 353. The van der Waals surface area contributed by atoms with Crippen LogP contribution in [0.2, 0.25) is 0 Å². The van der Waals surface area contributed by atoms with E-state index in [9.17, 15) is 4.39 Å². The van der Waals surface area contributed by atoms with Crippen molar-refractivity contribution in [3.63, 3.8) is 0 Å². The molecule has 0 spiro atoms. The third-order valence-electron chi connectivity index (χ3n) is 3.11. The second-order valence-corrected chi connectivity index (χ2v) is 4.78. The number of rotatable bonds is 4. The summed E-state index contributed by atoms with van der Waals surface area (Å²) in [5.74, 6) is 1.56. The first-order valence-corrected chi connectivity index (χ1v) is 5.74. The van der Waals surface area contributed by atoms with Crippen LogP contribution in [0.25, 0.3) is 0 Å². The summed E-state index contributed by atoms with van der Waals surface area (Å²) in [6, 6.07) is 0.0226. The topological polar surface area (TPSA) is 42.2 Å². The van der Waals surface area contributed by atoms with Crippen LogP contribution in [0.15, 0.2) is 4.52 Å². The summed E-state index contributed by atoms with van der Waals surface area (Å²) in [5.41, 5.74) is 0. The van der Waals surface area contributed by atoms with E-state index in [0.29, 0.717) is 24.7 Å². The standard InChI is InChI=1S/C11H18FN3O/c1-7(2)11-13-10(16-14-11)6-15(3)9-5-4-8(9)12/h7-9H,4-6H2,1-3H3. The van der Waals surface area contributed by atoms with Gasteiger partial charge in [0.2, 0.25) is 5.89 Å². The first-order valence-electron chi connectivity index (χ1n) is 5.74. The molecule has 1 aliphatic carbocycles. The first kappa shape index (κ1) is 11.5. The summed E-state index contributed by atoms with van der Waals surface area (Å²) in [7, 11) is 1.90. The number of aromatic nitrogens is 2. The minimum Gasteiger partial charge on any atom is -0.338 e. The van der Waals surface area contributed by atoms with Crippen LogP contribution >= 0.6 is 0 Å². The Morgan fingerprint density at radius 2 is 2.25 bits per heavy atom. The van der Waals surface area contributed by atoms with E-state index in [1.165, 1.54) is 0 Å². The molecule has 0 aromatic carbocycles. The SMILES string of the molecule is CC(C)c1noc(CN(C)C2CCC2F)n1. The van der Waals surface area contributed by atoms with Crippen LogP contribution in [0.5, 0.6) is 0 Å². The van der Waals surface area contributed by atoms with Gasteiger partial charge in [0, 0.05) is 12.0 Å². The molecule has 16 heavy (non-hydrogen) atoms. The van der Waals surface area contributed by atoms with Gasteiger partial charge in [-0.05, 0) is 19.9 Å². The summed E-state index contributed by atoms with van der Waals surface area (Å²) >= 11 is 0. The third-order valence-corrected chi connectivity index (χ3v) is 3.11. The second kappa shape index (κ2) is 4.49. The summed E-state index contributed by atoms with van der Waals surface area (Å²) < 4.78 is 18.3. The van der Waals surface area contributed by atoms with E-state index in [1.807, 2.05) is 25.8 Å². The fourth-order valence-corrected chi connectivity index (χ4v) is 1.84. The van der Waals surface area contributed by atoms with Crippen molar-refractivity contribution in [2.45, 2.75) is 51.4 Å². The lowest BCUT2D eigenvalue weighted by Gasteiger charge is -2.37. The summed E-state index contributed by atoms with van der Waals surface area (Å²) in [5, 5.41) is 3.88. The monoisotopic (exact) mass is 227 g/mol. The van der Waals surface area contributed by atoms with Gasteiger partial charge in [0.15, 0.2) is 5.82 Å². The highest BCUT2D eigenvalue weighted by Gasteiger charge is 2.34. The smallest absolute Gasteiger partial charge is 0.240 e. The molecule has 90 valence electrons. The molecule has 0 aliphatic heterocycles. The van der Waals surface area contributed by atoms with E-state index >= 15 is 0 Å². The Kier molecular flexibility index (Phi) is 3.23. The van der Waals surface area contributed by atoms with Gasteiger partial charge in [0.1, 0.15) is 6.17 Å². The van der Waals surface area contributed by atoms with Crippen molar-refractivity contribution in [3.05, 3.63) is 11.7 Å². The minimum atomic E-state index is -0.697. The molecule has 0 bridgehead atoms. The van der Waals surface area contributed by atoms with Crippen LogP contribution < -0.4 is 0 Å². The Hall–Kier alpha value is -0.970. The predicted molar refractivity (Wildman–Crippen MR) is 57.8 cm³/mol. The molecule has 1 saturated carbocycles. The molecule has 5 heteroatoms. The van der Waals surface area contributed by atoms with E-state index in [1.54, 1.807) is 0 Å². The van der Waals surface area contributed by atoms with Gasteiger partial charge in [-0.2, -0.15) is 4.98 Å². The lowest BCUT2D eigenvalue weighted by atomic mass is 9.89. The predicted octanol–water partition coefficient (Wildman–Crippen LogP) is 2.13. The largest absolute Gasteiger partial charge is 0.338 e. The number of hydrogen-bond donors (Lipinski definition) is 0. The zero-order valence-electron chi connectivity index (χ0n) is 9.98. The van der Waals surface area contributed by atoms with Crippen molar-refractivity contribution < 1.29 is 8.91 Å². The quantitative estimate of drug-likeness (QED) is 0.790. The molecular formula is C11H18FN3O. The molecule has 0 amide bonds. The maximum Gasteiger partial charge on any atom is 0.240 e. The lowest BCUT2D eigenvalue weighted by Crippen LogP contribution is -2.46. The fourth-order valence-electron chi connectivity index (χ4n) is 1.84. The summed E-state index contributed by atoms with van der Waals surface area (Å²) in [6.07, 6.45) is 0.899. The highest BCUT2D eigenvalue weighted by atomic mass is 19.1. The van der Waals surface area contributed by atoms with E-state index in [4.69, 9.17) is 4.52 Å². The normalized spacial score (nSPS) is 25.1. The maximum atomic E-state index is 13.2. The van der Waals surface area contributed by atoms with Gasteiger partial charge in [-0.3, -0.25) is 4.90 Å². The number of halogens is 1. The molecule has 4 nitrogen and oxygen atoms in total. The van der Waals surface area contributed by atoms with Gasteiger partial charge < -0.3 is 4.52 Å². The van der Waals surface area contributed by atoms with E-state index < -0.39 is 6.17 Å². The van der Waals surface area contributed by atoms with Crippen molar-refractivity contribution in [3.8, 4) is 0 Å². The minimum absolute atomic E-state index is 0.0226. The zero-order valence-corrected chi connectivity index (χ0v) is 9.98. The first-order chi connectivity index (χ1) is 7.58. The van der Waals surface area contributed by atoms with Crippen LogP contribution in [0, 0.1) is 0 Å². The Balaban J connectivity index is 1.92. The van der Waals surface area contributed by atoms with Crippen LogP contribution in [0.3, 0.4) is 0 Å². The molecule has 1 heterocycles. The number of hydrogen-bond acceptors (Lipinski definition) is 4. The summed E-state index contributed by atoms with van der Waals surface area (Å²) in [4.78, 5) is 6.22. The van der Waals surface area contributed by atoms with Crippen LogP contribution in [0.1, 0.15) is 44.3 Å². The van der Waals surface area contributed by atoms with Crippen molar-refractivity contribution in [1.82, 2.24) is 15.0 Å². The molecule has 2 unspecified atom stereocenters. The maximum absolute atomic E-state index is 13.2. The fraction of sp³-hybridized carbons (Fsp3) is 0.818. The van der Waals surface area contributed by atoms with E-state index in [0.717, 1.165) is 6.42 Å². The number of nitrogens with zero attached hydrogens (tertiary/aromatic N) is 3. The van der Waals surface area contributed by atoms with Crippen LogP contribution in [0.4, 0.5) is 4.39 Å². The highest BCUT2D eigenvalue weighted by molar-refractivity contribution is 4.94. The van der Waals surface area contributed by atoms with Gasteiger partial charge in [-0.15, -0.1) is 0 Å². The van der Waals surface area contributed by atoms with Gasteiger partial charge in [0.05, 0.1) is 6.54 Å². The van der Waals surface area contributed by atoms with Crippen molar-refractivity contribution in [2.24, 2.45) is 0 Å². The Morgan fingerprint density at radius 1 is 1.50 bits per heavy atom. The summed E-state index contributed by atoms with van der Waals surface area (Å²) in [6.45, 7) is 4.56. The van der Waals surface area contributed by atoms with Gasteiger partial charge >= 0.3 is 0 Å². The molecule has 1 aromatic rings. The molecule has 0 radical (unpaired) electrons. The average molecular weight is 227 g/mol. The molecule has 2 atom stereocenters. The zero-order chi connectivity index (χ0) is 11.7. The van der Waals surface area contributed by atoms with Crippen molar-refractivity contribution in [1.29, 1.82) is 0 Å². The van der Waals surface area contributed by atoms with Gasteiger partial charge in [0.25, 0.3) is 0 Å². The van der Waals surface area contributed by atoms with E-state index in [-0.39, 0.29) is 12.0 Å². The molecule has 0 N–H and O–H groups in total. The van der Waals surface area contributed by atoms with Gasteiger partial charge in [-0.1, -0.05) is 19.0 Å². The molecule has 1 aliphatic rings. The van der Waals surface area contributed by atoms with Crippen LogP contribution in [-0.2, 0) is 6.54 Å². The molecular weight excluding hydrogens is 209 g/mol. The molecule has 1 aromatic heterocycles. The Morgan fingerprint density at radius 3 is 2.69 bits per heavy atom. The lowest BCUT2D eigenvalue weighted by molar-refractivity contribution is 0.0415. The average Bonchev–Trinajstić information content (AvgIpc) is 2.63. The molecule has 2 rings (SSSR count). The van der Waals surface area contributed by atoms with Crippen LogP contribution in [-0.4, -0.2) is 34.3 Å². The van der Waals surface area contributed by atoms with Gasteiger partial charge in [-0.25, -0.2) is 4.39 Å². The van der Waals surface area contributed by atoms with Crippen molar-refractivity contribution >= 4 is 0 Å². The molecule has 1 fully saturated rings. The number of alkyl halides is 1. The molecule has 0 saturated heterocycles.